The van der Waals surface area contributed by atoms with E-state index in [0.29, 0.717) is 0 Å². The number of carbonyl (C=O) groups is 1. The zero-order valence-corrected chi connectivity index (χ0v) is 12.8. The number of furan rings is 1. The lowest BCUT2D eigenvalue weighted by atomic mass is 10.2. The van der Waals surface area contributed by atoms with E-state index in [2.05, 4.69) is 41.6 Å². The maximum Gasteiger partial charge on any atom is 0.315 e. The van der Waals surface area contributed by atoms with Crippen LogP contribution in [0.4, 0.5) is 0 Å². The molecule has 1 amide bonds. The average Bonchev–Trinajstić information content (AvgIpc) is 3.08. The van der Waals surface area contributed by atoms with Crippen molar-refractivity contribution >= 4 is 27.5 Å². The SMILES string of the molecule is CCCn1c(=NC(=O)c2ccco2)sc2cc(C)ccc21. The number of nitrogens with zero attached hydrogens (tertiary/aromatic N) is 2. The van der Waals surface area contributed by atoms with Gasteiger partial charge in [0.25, 0.3) is 0 Å². The van der Waals surface area contributed by atoms with Crippen molar-refractivity contribution in [3.8, 4) is 0 Å². The molecule has 0 unspecified atom stereocenters. The van der Waals surface area contributed by atoms with Crippen LogP contribution in [0.15, 0.2) is 46.0 Å². The largest absolute Gasteiger partial charge is 0.459 e. The number of aromatic nitrogens is 1. The smallest absolute Gasteiger partial charge is 0.315 e. The number of amides is 1. The van der Waals surface area contributed by atoms with Gasteiger partial charge in [0, 0.05) is 6.54 Å². The van der Waals surface area contributed by atoms with Crippen LogP contribution in [0.25, 0.3) is 10.2 Å². The molecule has 0 atom stereocenters. The Morgan fingerprint density at radius 3 is 2.95 bits per heavy atom. The molecule has 0 radical (unpaired) electrons. The van der Waals surface area contributed by atoms with E-state index < -0.39 is 0 Å². The molecule has 21 heavy (non-hydrogen) atoms. The highest BCUT2D eigenvalue weighted by molar-refractivity contribution is 7.16. The molecule has 0 N–H and O–H groups in total. The quantitative estimate of drug-likeness (QED) is 0.739. The van der Waals surface area contributed by atoms with Crippen LogP contribution in [0.5, 0.6) is 0 Å². The van der Waals surface area contributed by atoms with E-state index in [1.165, 1.54) is 23.2 Å². The Hall–Kier alpha value is -2.14. The van der Waals surface area contributed by atoms with Crippen molar-refractivity contribution in [2.24, 2.45) is 4.99 Å². The molecule has 0 saturated heterocycles. The van der Waals surface area contributed by atoms with Gasteiger partial charge in [-0.1, -0.05) is 24.3 Å². The number of fused-ring (bicyclic) bond motifs is 1. The van der Waals surface area contributed by atoms with Crippen LogP contribution in [-0.2, 0) is 6.54 Å². The number of hydrogen-bond acceptors (Lipinski definition) is 3. The van der Waals surface area contributed by atoms with Crippen LogP contribution in [0.2, 0.25) is 0 Å². The van der Waals surface area contributed by atoms with Crippen molar-refractivity contribution < 1.29 is 9.21 Å². The first-order valence-electron chi connectivity index (χ1n) is 6.91. The minimum Gasteiger partial charge on any atom is -0.459 e. The summed E-state index contributed by atoms with van der Waals surface area (Å²) in [7, 11) is 0. The van der Waals surface area contributed by atoms with Gasteiger partial charge in [-0.3, -0.25) is 4.79 Å². The Morgan fingerprint density at radius 2 is 2.24 bits per heavy atom. The molecule has 0 aliphatic carbocycles. The Kier molecular flexibility index (Phi) is 3.75. The number of carbonyl (C=O) groups excluding carboxylic acids is 1. The molecule has 4 nitrogen and oxygen atoms in total. The van der Waals surface area contributed by atoms with E-state index >= 15 is 0 Å². The van der Waals surface area contributed by atoms with Crippen molar-refractivity contribution in [3.05, 3.63) is 52.7 Å². The molecule has 5 heteroatoms. The standard InChI is InChI=1S/C16H16N2O2S/c1-3-8-18-12-7-6-11(2)10-14(12)21-16(18)17-15(19)13-5-4-9-20-13/h4-7,9-10H,3,8H2,1-2H3. The number of aryl methyl sites for hydroxylation is 2. The van der Waals surface area contributed by atoms with Crippen LogP contribution in [0.3, 0.4) is 0 Å². The van der Waals surface area contributed by atoms with E-state index in [1.807, 2.05) is 0 Å². The van der Waals surface area contributed by atoms with E-state index in [-0.39, 0.29) is 11.7 Å². The van der Waals surface area contributed by atoms with Gasteiger partial charge >= 0.3 is 5.91 Å². The fourth-order valence-corrected chi connectivity index (χ4v) is 3.40. The summed E-state index contributed by atoms with van der Waals surface area (Å²) in [6.45, 7) is 5.02. The van der Waals surface area contributed by atoms with Crippen molar-refractivity contribution in [2.75, 3.05) is 0 Å². The van der Waals surface area contributed by atoms with Crippen LogP contribution >= 0.6 is 11.3 Å². The summed E-state index contributed by atoms with van der Waals surface area (Å²) >= 11 is 1.54. The lowest BCUT2D eigenvalue weighted by Crippen LogP contribution is -2.16. The highest BCUT2D eigenvalue weighted by Gasteiger charge is 2.10. The number of hydrogen-bond donors (Lipinski definition) is 0. The molecule has 3 aromatic rings. The monoisotopic (exact) mass is 300 g/mol. The predicted octanol–water partition coefficient (Wildman–Crippen LogP) is 3.76. The maximum absolute atomic E-state index is 12.1. The number of thiazole rings is 1. The number of benzene rings is 1. The first kappa shape index (κ1) is 13.8. The molecular weight excluding hydrogens is 284 g/mol. The molecule has 2 aromatic heterocycles. The van der Waals surface area contributed by atoms with Crippen molar-refractivity contribution in [1.29, 1.82) is 0 Å². The Labute approximate surface area is 126 Å². The Balaban J connectivity index is 2.16. The summed E-state index contributed by atoms with van der Waals surface area (Å²) in [5.41, 5.74) is 2.33. The van der Waals surface area contributed by atoms with Gasteiger partial charge in [0.1, 0.15) is 0 Å². The summed E-state index contributed by atoms with van der Waals surface area (Å²) in [5, 5.41) is 0. The predicted molar refractivity (Wildman–Crippen MR) is 83.4 cm³/mol. The minimum atomic E-state index is -0.340. The van der Waals surface area contributed by atoms with E-state index in [4.69, 9.17) is 4.42 Å². The average molecular weight is 300 g/mol. The molecule has 0 bridgehead atoms. The summed E-state index contributed by atoms with van der Waals surface area (Å²) in [6.07, 6.45) is 2.47. The second kappa shape index (κ2) is 5.69. The lowest BCUT2D eigenvalue weighted by molar-refractivity contribution is 0.0971. The third kappa shape index (κ3) is 2.69. The van der Waals surface area contributed by atoms with Gasteiger partial charge in [-0.2, -0.15) is 4.99 Å². The third-order valence-electron chi connectivity index (χ3n) is 3.21. The topological polar surface area (TPSA) is 47.5 Å². The van der Waals surface area contributed by atoms with Gasteiger partial charge in [0.15, 0.2) is 10.6 Å². The van der Waals surface area contributed by atoms with Gasteiger partial charge in [-0.15, -0.1) is 0 Å². The van der Waals surface area contributed by atoms with Crippen molar-refractivity contribution in [1.82, 2.24) is 4.57 Å². The molecule has 3 rings (SSSR count). The summed E-state index contributed by atoms with van der Waals surface area (Å²) < 4.78 is 8.36. The highest BCUT2D eigenvalue weighted by Crippen LogP contribution is 2.19. The zero-order valence-electron chi connectivity index (χ0n) is 12.0. The second-order valence-electron chi connectivity index (χ2n) is 4.90. The lowest BCUT2D eigenvalue weighted by Gasteiger charge is -2.02. The van der Waals surface area contributed by atoms with E-state index in [0.717, 1.165) is 28.0 Å². The molecular formula is C16H16N2O2S. The molecule has 0 fully saturated rings. The van der Waals surface area contributed by atoms with Crippen LogP contribution in [-0.4, -0.2) is 10.5 Å². The van der Waals surface area contributed by atoms with Gasteiger partial charge in [-0.05, 0) is 43.2 Å². The highest BCUT2D eigenvalue weighted by atomic mass is 32.1. The van der Waals surface area contributed by atoms with Crippen molar-refractivity contribution in [3.63, 3.8) is 0 Å². The van der Waals surface area contributed by atoms with Crippen LogP contribution < -0.4 is 4.80 Å². The number of rotatable bonds is 3. The van der Waals surface area contributed by atoms with Crippen LogP contribution in [0.1, 0.15) is 29.5 Å². The molecule has 1 aromatic carbocycles. The summed E-state index contributed by atoms with van der Waals surface area (Å²) in [5.74, 6) is -0.0696. The second-order valence-corrected chi connectivity index (χ2v) is 5.91. The molecule has 0 saturated carbocycles. The zero-order chi connectivity index (χ0) is 14.8. The summed E-state index contributed by atoms with van der Waals surface area (Å²) in [4.78, 5) is 17.1. The minimum absolute atomic E-state index is 0.270. The molecule has 108 valence electrons. The maximum atomic E-state index is 12.1. The first-order chi connectivity index (χ1) is 10.2. The molecule has 0 spiro atoms. The fraction of sp³-hybridized carbons (Fsp3) is 0.250. The normalized spacial score (nSPS) is 12.2. The van der Waals surface area contributed by atoms with Gasteiger partial charge < -0.3 is 8.98 Å². The first-order valence-corrected chi connectivity index (χ1v) is 7.73. The van der Waals surface area contributed by atoms with Crippen molar-refractivity contribution in [2.45, 2.75) is 26.8 Å². The van der Waals surface area contributed by atoms with Gasteiger partial charge in [-0.25, -0.2) is 0 Å². The summed E-state index contributed by atoms with van der Waals surface area (Å²) in [6, 6.07) is 9.62. The molecule has 2 heterocycles. The fourth-order valence-electron chi connectivity index (χ4n) is 2.25. The van der Waals surface area contributed by atoms with E-state index in [9.17, 15) is 4.79 Å². The van der Waals surface area contributed by atoms with E-state index in [1.54, 1.807) is 12.1 Å². The van der Waals surface area contributed by atoms with Gasteiger partial charge in [0.05, 0.1) is 16.5 Å². The Morgan fingerprint density at radius 1 is 1.38 bits per heavy atom. The molecule has 0 aliphatic rings. The van der Waals surface area contributed by atoms with Crippen LogP contribution in [0, 0.1) is 6.92 Å². The third-order valence-corrected chi connectivity index (χ3v) is 4.26. The Bertz CT molecular complexity index is 841. The van der Waals surface area contributed by atoms with Gasteiger partial charge in [0.2, 0.25) is 0 Å². The molecule has 0 aliphatic heterocycles.